The number of hydrogen-bond donors (Lipinski definition) is 2. The third kappa shape index (κ3) is 4.48. The van der Waals surface area contributed by atoms with Gasteiger partial charge in [-0.2, -0.15) is 0 Å². The van der Waals surface area contributed by atoms with Gasteiger partial charge in [-0.25, -0.2) is 4.79 Å². The molecule has 1 fully saturated rings. The van der Waals surface area contributed by atoms with Crippen LogP contribution in [0.15, 0.2) is 24.3 Å². The maximum atomic E-state index is 12.3. The monoisotopic (exact) mass is 303 g/mol. The van der Waals surface area contributed by atoms with E-state index in [2.05, 4.69) is 5.32 Å². The SMILES string of the molecule is CN(C(=O)NCc1cccc(C(N)=O)c1)C1CCCCCC1. The molecular formula is C17H25N3O2. The molecule has 5 heteroatoms. The van der Waals surface area contributed by atoms with Crippen LogP contribution in [0, 0.1) is 0 Å². The minimum absolute atomic E-state index is 0.0589. The third-order valence-electron chi connectivity index (χ3n) is 4.35. The zero-order valence-electron chi connectivity index (χ0n) is 13.2. The predicted molar refractivity (Wildman–Crippen MR) is 86.4 cm³/mol. The first-order chi connectivity index (χ1) is 10.6. The second kappa shape index (κ2) is 7.82. The molecule has 5 nitrogen and oxygen atoms in total. The largest absolute Gasteiger partial charge is 0.366 e. The summed E-state index contributed by atoms with van der Waals surface area (Å²) in [5.41, 5.74) is 6.60. The number of amides is 3. The van der Waals surface area contributed by atoms with Crippen molar-refractivity contribution in [2.75, 3.05) is 7.05 Å². The van der Waals surface area contributed by atoms with Crippen molar-refractivity contribution in [1.29, 1.82) is 0 Å². The van der Waals surface area contributed by atoms with E-state index in [0.29, 0.717) is 18.2 Å². The molecule has 1 aliphatic rings. The van der Waals surface area contributed by atoms with Crippen molar-refractivity contribution in [2.45, 2.75) is 51.1 Å². The van der Waals surface area contributed by atoms with E-state index in [0.717, 1.165) is 18.4 Å². The van der Waals surface area contributed by atoms with Crippen LogP contribution in [0.1, 0.15) is 54.4 Å². The van der Waals surface area contributed by atoms with Crippen LogP contribution in [0.25, 0.3) is 0 Å². The lowest BCUT2D eigenvalue weighted by Crippen LogP contribution is -2.43. The number of nitrogens with zero attached hydrogens (tertiary/aromatic N) is 1. The smallest absolute Gasteiger partial charge is 0.317 e. The van der Waals surface area contributed by atoms with Crippen molar-refractivity contribution in [3.8, 4) is 0 Å². The van der Waals surface area contributed by atoms with Crippen LogP contribution in [0.4, 0.5) is 4.79 Å². The number of urea groups is 1. The average molecular weight is 303 g/mol. The Bertz CT molecular complexity index is 522. The van der Waals surface area contributed by atoms with Gasteiger partial charge in [0.25, 0.3) is 0 Å². The van der Waals surface area contributed by atoms with Crippen LogP contribution in [0.5, 0.6) is 0 Å². The third-order valence-corrected chi connectivity index (χ3v) is 4.35. The minimum atomic E-state index is -0.455. The molecular weight excluding hydrogens is 278 g/mol. The van der Waals surface area contributed by atoms with E-state index in [1.165, 1.54) is 25.7 Å². The molecule has 3 amide bonds. The fourth-order valence-corrected chi connectivity index (χ4v) is 2.95. The van der Waals surface area contributed by atoms with Gasteiger partial charge in [0, 0.05) is 25.2 Å². The summed E-state index contributed by atoms with van der Waals surface area (Å²) in [6.07, 6.45) is 7.10. The predicted octanol–water partition coefficient (Wildman–Crippen LogP) is 2.65. The molecule has 0 aliphatic heterocycles. The molecule has 0 bridgehead atoms. The lowest BCUT2D eigenvalue weighted by Gasteiger charge is -2.27. The Labute approximate surface area is 131 Å². The quantitative estimate of drug-likeness (QED) is 0.839. The van der Waals surface area contributed by atoms with E-state index < -0.39 is 5.91 Å². The first kappa shape index (κ1) is 16.3. The summed E-state index contributed by atoms with van der Waals surface area (Å²) in [7, 11) is 1.87. The van der Waals surface area contributed by atoms with Gasteiger partial charge in [-0.15, -0.1) is 0 Å². The molecule has 1 saturated carbocycles. The summed E-state index contributed by atoms with van der Waals surface area (Å²) in [5.74, 6) is -0.455. The number of hydrogen-bond acceptors (Lipinski definition) is 2. The Balaban J connectivity index is 1.88. The van der Waals surface area contributed by atoms with Gasteiger partial charge in [0.1, 0.15) is 0 Å². The van der Waals surface area contributed by atoms with Gasteiger partial charge in [-0.1, -0.05) is 37.8 Å². The number of nitrogens with one attached hydrogen (secondary N) is 1. The summed E-state index contributed by atoms with van der Waals surface area (Å²) in [5, 5.41) is 2.92. The van der Waals surface area contributed by atoms with Gasteiger partial charge < -0.3 is 16.0 Å². The Hall–Kier alpha value is -2.04. The van der Waals surface area contributed by atoms with Crippen molar-refractivity contribution in [3.05, 3.63) is 35.4 Å². The number of nitrogens with two attached hydrogens (primary N) is 1. The number of rotatable bonds is 4. The molecule has 3 N–H and O–H groups in total. The maximum Gasteiger partial charge on any atom is 0.317 e. The van der Waals surface area contributed by atoms with Crippen LogP contribution >= 0.6 is 0 Å². The van der Waals surface area contributed by atoms with Gasteiger partial charge in [-0.05, 0) is 30.5 Å². The van der Waals surface area contributed by atoms with Crippen molar-refractivity contribution in [1.82, 2.24) is 10.2 Å². The Morgan fingerprint density at radius 3 is 2.55 bits per heavy atom. The van der Waals surface area contributed by atoms with Crippen LogP contribution in [0.2, 0.25) is 0 Å². The summed E-state index contributed by atoms with van der Waals surface area (Å²) in [6.45, 7) is 0.400. The highest BCUT2D eigenvalue weighted by molar-refractivity contribution is 5.92. The highest BCUT2D eigenvalue weighted by atomic mass is 16.2. The molecule has 22 heavy (non-hydrogen) atoms. The minimum Gasteiger partial charge on any atom is -0.366 e. The molecule has 0 saturated heterocycles. The van der Waals surface area contributed by atoms with Crippen molar-refractivity contribution in [2.24, 2.45) is 5.73 Å². The van der Waals surface area contributed by atoms with Gasteiger partial charge >= 0.3 is 6.03 Å². The Morgan fingerprint density at radius 2 is 1.91 bits per heavy atom. The number of carbonyl (C=O) groups is 2. The highest BCUT2D eigenvalue weighted by Crippen LogP contribution is 2.21. The van der Waals surface area contributed by atoms with Crippen LogP contribution in [-0.2, 0) is 6.54 Å². The van der Waals surface area contributed by atoms with E-state index in [1.54, 1.807) is 18.2 Å². The average Bonchev–Trinajstić information content (AvgIpc) is 2.81. The lowest BCUT2D eigenvalue weighted by molar-refractivity contribution is 0.1000. The standard InChI is InChI=1S/C17H25N3O2/c1-20(15-9-4-2-3-5-10-15)17(22)19-12-13-7-6-8-14(11-13)16(18)21/h6-8,11,15H,2-5,9-10,12H2,1H3,(H2,18,21)(H,19,22). The molecule has 120 valence electrons. The topological polar surface area (TPSA) is 75.4 Å². The van der Waals surface area contributed by atoms with Crippen LogP contribution in [-0.4, -0.2) is 29.9 Å². The fourth-order valence-electron chi connectivity index (χ4n) is 2.95. The number of carbonyl (C=O) groups excluding carboxylic acids is 2. The Morgan fingerprint density at radius 1 is 1.23 bits per heavy atom. The van der Waals surface area contributed by atoms with Crippen molar-refractivity contribution >= 4 is 11.9 Å². The molecule has 0 spiro atoms. The van der Waals surface area contributed by atoms with E-state index >= 15 is 0 Å². The Kier molecular flexibility index (Phi) is 5.81. The van der Waals surface area contributed by atoms with E-state index in [-0.39, 0.29) is 6.03 Å². The lowest BCUT2D eigenvalue weighted by atomic mass is 10.1. The van der Waals surface area contributed by atoms with E-state index in [4.69, 9.17) is 5.73 Å². The van der Waals surface area contributed by atoms with Gasteiger partial charge in [-0.3, -0.25) is 4.79 Å². The molecule has 0 unspecified atom stereocenters. The molecule has 2 rings (SSSR count). The number of benzene rings is 1. The van der Waals surface area contributed by atoms with E-state index in [1.807, 2.05) is 18.0 Å². The van der Waals surface area contributed by atoms with Gasteiger partial charge in [0.05, 0.1) is 0 Å². The van der Waals surface area contributed by atoms with Crippen LogP contribution in [0.3, 0.4) is 0 Å². The normalized spacial score (nSPS) is 15.9. The molecule has 1 aromatic carbocycles. The zero-order chi connectivity index (χ0) is 15.9. The zero-order valence-corrected chi connectivity index (χ0v) is 13.2. The first-order valence-corrected chi connectivity index (χ1v) is 7.97. The molecule has 0 radical (unpaired) electrons. The van der Waals surface area contributed by atoms with Gasteiger partial charge in [0.2, 0.25) is 5.91 Å². The number of primary amides is 1. The summed E-state index contributed by atoms with van der Waals surface area (Å²) in [4.78, 5) is 25.3. The molecule has 0 heterocycles. The maximum absolute atomic E-state index is 12.3. The molecule has 0 aromatic heterocycles. The van der Waals surface area contributed by atoms with E-state index in [9.17, 15) is 9.59 Å². The summed E-state index contributed by atoms with van der Waals surface area (Å²) in [6, 6.07) is 7.31. The first-order valence-electron chi connectivity index (χ1n) is 7.97. The summed E-state index contributed by atoms with van der Waals surface area (Å²) >= 11 is 0. The molecule has 0 atom stereocenters. The van der Waals surface area contributed by atoms with Gasteiger partial charge in [0.15, 0.2) is 0 Å². The second-order valence-corrected chi connectivity index (χ2v) is 5.98. The highest BCUT2D eigenvalue weighted by Gasteiger charge is 2.20. The molecule has 1 aliphatic carbocycles. The van der Waals surface area contributed by atoms with Crippen molar-refractivity contribution < 1.29 is 9.59 Å². The molecule has 1 aromatic rings. The van der Waals surface area contributed by atoms with Crippen molar-refractivity contribution in [3.63, 3.8) is 0 Å². The fraction of sp³-hybridized carbons (Fsp3) is 0.529. The second-order valence-electron chi connectivity index (χ2n) is 5.98. The summed E-state index contributed by atoms with van der Waals surface area (Å²) < 4.78 is 0. The van der Waals surface area contributed by atoms with Crippen LogP contribution < -0.4 is 11.1 Å².